The average Bonchev–Trinajstić information content (AvgIpc) is 3.13. The van der Waals surface area contributed by atoms with E-state index in [0.29, 0.717) is 0 Å². The van der Waals surface area contributed by atoms with Crippen LogP contribution in [0.25, 0.3) is 0 Å². The summed E-state index contributed by atoms with van der Waals surface area (Å²) in [5.74, 6) is 3.51. The van der Waals surface area contributed by atoms with Gasteiger partial charge in [0, 0.05) is 38.9 Å². The van der Waals surface area contributed by atoms with Gasteiger partial charge in [-0.15, -0.1) is 0 Å². The molecule has 29 heavy (non-hydrogen) atoms. The van der Waals surface area contributed by atoms with Crippen molar-refractivity contribution in [2.75, 3.05) is 25.0 Å². The molecular weight excluding hydrogens is 362 g/mol. The zero-order valence-electron chi connectivity index (χ0n) is 17.9. The highest BCUT2D eigenvalue weighted by atomic mass is 15.4. The van der Waals surface area contributed by atoms with E-state index in [2.05, 4.69) is 61.8 Å². The van der Waals surface area contributed by atoms with Gasteiger partial charge in [0.15, 0.2) is 5.96 Å². The van der Waals surface area contributed by atoms with E-state index in [1.807, 2.05) is 18.7 Å². The van der Waals surface area contributed by atoms with E-state index in [4.69, 9.17) is 0 Å². The lowest BCUT2D eigenvalue weighted by Crippen LogP contribution is -2.41. The van der Waals surface area contributed by atoms with Gasteiger partial charge in [-0.25, -0.2) is 9.67 Å². The highest BCUT2D eigenvalue weighted by Crippen LogP contribution is 2.24. The Morgan fingerprint density at radius 1 is 1.14 bits per heavy atom. The van der Waals surface area contributed by atoms with Crippen LogP contribution in [0.5, 0.6) is 0 Å². The number of hydrogen-bond acceptors (Lipinski definition) is 4. The standard InChI is InChI=1S/C22H33N7/c1-16-10-13-28(14-11-16)19-8-6-18(7-9-19)15-24-22(23-3)26-20-5-4-12-29-21(20)25-17(2)27-29/h6-9,16,20H,4-5,10-15H2,1-3H3,(H2,23,24,26). The summed E-state index contributed by atoms with van der Waals surface area (Å²) < 4.78 is 2.02. The van der Waals surface area contributed by atoms with Crippen LogP contribution < -0.4 is 15.5 Å². The highest BCUT2D eigenvalue weighted by Gasteiger charge is 2.24. The molecule has 0 spiro atoms. The second-order valence-corrected chi connectivity index (χ2v) is 8.34. The monoisotopic (exact) mass is 395 g/mol. The summed E-state index contributed by atoms with van der Waals surface area (Å²) in [6.45, 7) is 8.33. The van der Waals surface area contributed by atoms with Gasteiger partial charge in [-0.2, -0.15) is 5.10 Å². The summed E-state index contributed by atoms with van der Waals surface area (Å²) in [5.41, 5.74) is 2.59. The van der Waals surface area contributed by atoms with Crippen LogP contribution in [-0.2, 0) is 13.1 Å². The molecule has 1 saturated heterocycles. The Kier molecular flexibility index (Phi) is 6.02. The summed E-state index contributed by atoms with van der Waals surface area (Å²) in [7, 11) is 1.81. The fourth-order valence-corrected chi connectivity index (χ4v) is 4.24. The van der Waals surface area contributed by atoms with Crippen LogP contribution in [0.15, 0.2) is 29.3 Å². The van der Waals surface area contributed by atoms with Crippen LogP contribution in [0.1, 0.15) is 55.9 Å². The third kappa shape index (κ3) is 4.71. The molecule has 2 aromatic rings. The molecule has 3 heterocycles. The van der Waals surface area contributed by atoms with Gasteiger partial charge in [-0.1, -0.05) is 19.1 Å². The quantitative estimate of drug-likeness (QED) is 0.615. The maximum atomic E-state index is 4.60. The van der Waals surface area contributed by atoms with E-state index in [1.54, 1.807) is 0 Å². The van der Waals surface area contributed by atoms with Gasteiger partial charge >= 0.3 is 0 Å². The highest BCUT2D eigenvalue weighted by molar-refractivity contribution is 5.80. The fraction of sp³-hybridized carbons (Fsp3) is 0.591. The normalized spacial score (nSPS) is 20.4. The van der Waals surface area contributed by atoms with Crippen LogP contribution in [0, 0.1) is 12.8 Å². The Labute approximate surface area is 173 Å². The summed E-state index contributed by atoms with van der Waals surface area (Å²) in [6.07, 6.45) is 4.72. The number of aryl methyl sites for hydroxylation is 2. The number of anilines is 1. The first-order valence-electron chi connectivity index (χ1n) is 10.8. The lowest BCUT2D eigenvalue weighted by atomic mass is 9.99. The van der Waals surface area contributed by atoms with Gasteiger partial charge in [-0.3, -0.25) is 4.99 Å². The molecule has 0 saturated carbocycles. The Morgan fingerprint density at radius 3 is 2.62 bits per heavy atom. The van der Waals surface area contributed by atoms with Gasteiger partial charge < -0.3 is 15.5 Å². The smallest absolute Gasteiger partial charge is 0.191 e. The zero-order valence-corrected chi connectivity index (χ0v) is 17.9. The molecule has 0 aliphatic carbocycles. The summed E-state index contributed by atoms with van der Waals surface area (Å²) in [5, 5.41) is 11.4. The molecule has 4 rings (SSSR count). The minimum absolute atomic E-state index is 0.153. The van der Waals surface area contributed by atoms with Gasteiger partial charge in [0.2, 0.25) is 0 Å². The molecule has 0 amide bonds. The molecule has 7 heteroatoms. The summed E-state index contributed by atoms with van der Waals surface area (Å²) >= 11 is 0. The number of aliphatic imine (C=N–C) groups is 1. The molecule has 1 fully saturated rings. The van der Waals surface area contributed by atoms with E-state index < -0.39 is 0 Å². The first-order valence-corrected chi connectivity index (χ1v) is 10.8. The number of hydrogen-bond donors (Lipinski definition) is 2. The van der Waals surface area contributed by atoms with Crippen molar-refractivity contribution in [3.8, 4) is 0 Å². The van der Waals surface area contributed by atoms with Crippen molar-refractivity contribution in [3.05, 3.63) is 41.5 Å². The zero-order chi connectivity index (χ0) is 20.2. The fourth-order valence-electron chi connectivity index (χ4n) is 4.24. The van der Waals surface area contributed by atoms with Crippen LogP contribution in [0.4, 0.5) is 5.69 Å². The first-order chi connectivity index (χ1) is 14.1. The maximum absolute atomic E-state index is 4.60. The minimum Gasteiger partial charge on any atom is -0.372 e. The number of aromatic nitrogens is 3. The van der Waals surface area contributed by atoms with Crippen molar-refractivity contribution < 1.29 is 0 Å². The van der Waals surface area contributed by atoms with Crippen LogP contribution in [0.3, 0.4) is 0 Å². The number of nitrogens with zero attached hydrogens (tertiary/aromatic N) is 5. The van der Waals surface area contributed by atoms with Crippen molar-refractivity contribution in [1.29, 1.82) is 0 Å². The molecule has 1 unspecified atom stereocenters. The molecule has 156 valence electrons. The SMILES string of the molecule is CN=C(NCc1ccc(N2CCC(C)CC2)cc1)NC1CCCn2nc(C)nc21. The number of nitrogens with one attached hydrogen (secondary N) is 2. The van der Waals surface area contributed by atoms with Crippen molar-refractivity contribution in [2.24, 2.45) is 10.9 Å². The summed E-state index contributed by atoms with van der Waals surface area (Å²) in [6, 6.07) is 9.08. The Balaban J connectivity index is 1.32. The van der Waals surface area contributed by atoms with Crippen LogP contribution >= 0.6 is 0 Å². The van der Waals surface area contributed by atoms with E-state index >= 15 is 0 Å². The number of guanidine groups is 1. The predicted octanol–water partition coefficient (Wildman–Crippen LogP) is 3.02. The van der Waals surface area contributed by atoms with E-state index in [1.165, 1.54) is 37.2 Å². The molecule has 7 nitrogen and oxygen atoms in total. The third-order valence-electron chi connectivity index (χ3n) is 6.06. The molecule has 1 aromatic carbocycles. The lowest BCUT2D eigenvalue weighted by molar-refractivity contribution is 0.397. The Morgan fingerprint density at radius 2 is 1.90 bits per heavy atom. The number of piperidine rings is 1. The molecule has 2 aliphatic heterocycles. The number of fused-ring (bicyclic) bond motifs is 1. The van der Waals surface area contributed by atoms with Gasteiger partial charge in [0.25, 0.3) is 0 Å². The van der Waals surface area contributed by atoms with Crippen LogP contribution in [0.2, 0.25) is 0 Å². The first kappa shape index (κ1) is 19.7. The van der Waals surface area contributed by atoms with Gasteiger partial charge in [-0.05, 0) is 56.2 Å². The topological polar surface area (TPSA) is 70.4 Å². The van der Waals surface area contributed by atoms with Gasteiger partial charge in [0.1, 0.15) is 11.6 Å². The molecule has 2 N–H and O–H groups in total. The largest absolute Gasteiger partial charge is 0.372 e. The third-order valence-corrected chi connectivity index (χ3v) is 6.06. The average molecular weight is 396 g/mol. The van der Waals surface area contributed by atoms with Gasteiger partial charge in [0.05, 0.1) is 6.04 Å². The second kappa shape index (κ2) is 8.84. The Bertz CT molecular complexity index is 831. The van der Waals surface area contributed by atoms with Crippen molar-refractivity contribution in [3.63, 3.8) is 0 Å². The molecule has 0 bridgehead atoms. The van der Waals surface area contributed by atoms with Crippen molar-refractivity contribution >= 4 is 11.6 Å². The molecule has 1 aromatic heterocycles. The van der Waals surface area contributed by atoms with Crippen molar-refractivity contribution in [1.82, 2.24) is 25.4 Å². The second-order valence-electron chi connectivity index (χ2n) is 8.34. The minimum atomic E-state index is 0.153. The maximum Gasteiger partial charge on any atom is 0.191 e. The van der Waals surface area contributed by atoms with E-state index in [9.17, 15) is 0 Å². The van der Waals surface area contributed by atoms with Crippen LogP contribution in [-0.4, -0.2) is 40.9 Å². The van der Waals surface area contributed by atoms with Crippen molar-refractivity contribution in [2.45, 2.75) is 58.7 Å². The number of rotatable bonds is 4. The molecular formula is C22H33N7. The van der Waals surface area contributed by atoms with E-state index in [-0.39, 0.29) is 6.04 Å². The van der Waals surface area contributed by atoms with E-state index in [0.717, 1.165) is 49.5 Å². The lowest BCUT2D eigenvalue weighted by Gasteiger charge is -2.32. The molecule has 0 radical (unpaired) electrons. The molecule has 2 aliphatic rings. The predicted molar refractivity (Wildman–Crippen MR) is 117 cm³/mol. The Hall–Kier alpha value is -2.57. The molecule has 1 atom stereocenters. The number of benzene rings is 1. The summed E-state index contributed by atoms with van der Waals surface area (Å²) in [4.78, 5) is 11.5.